The number of rotatable bonds is 11. The Hall–Kier alpha value is -1.16. The van der Waals surface area contributed by atoms with Crippen LogP contribution in [0.5, 0.6) is 0 Å². The molecule has 0 aromatic rings. The largest absolute Gasteiger partial charge is 0.392 e. The molecule has 0 radical (unpaired) electrons. The van der Waals surface area contributed by atoms with Crippen LogP contribution in [0.2, 0.25) is 0 Å². The Balaban J connectivity index is 4.31. The number of aliphatic hydroxyl groups is 3. The van der Waals surface area contributed by atoms with Gasteiger partial charge in [0.05, 0.1) is 19.3 Å². The first-order valence-electron chi connectivity index (χ1n) is 8.44. The topological polar surface area (TPSA) is 60.7 Å². The first-order chi connectivity index (χ1) is 10.9. The molecular weight excluding hydrogens is 288 g/mol. The second-order valence-corrected chi connectivity index (χ2v) is 6.31. The molecule has 0 saturated heterocycles. The van der Waals surface area contributed by atoms with E-state index in [1.807, 2.05) is 39.8 Å². The summed E-state index contributed by atoms with van der Waals surface area (Å²) in [5.74, 6) is 0. The van der Waals surface area contributed by atoms with E-state index in [1.54, 1.807) is 0 Å². The van der Waals surface area contributed by atoms with E-state index < -0.39 is 6.10 Å². The van der Waals surface area contributed by atoms with Gasteiger partial charge in [-0.3, -0.25) is 0 Å². The van der Waals surface area contributed by atoms with E-state index in [4.69, 9.17) is 5.11 Å². The van der Waals surface area contributed by atoms with Crippen molar-refractivity contribution < 1.29 is 15.3 Å². The highest BCUT2D eigenvalue weighted by molar-refractivity contribution is 5.11. The van der Waals surface area contributed by atoms with Gasteiger partial charge in [0.15, 0.2) is 0 Å². The van der Waals surface area contributed by atoms with Crippen molar-refractivity contribution in [1.82, 2.24) is 0 Å². The lowest BCUT2D eigenvalue weighted by molar-refractivity contribution is 0.213. The normalized spacial score (nSPS) is 14.8. The van der Waals surface area contributed by atoms with Gasteiger partial charge in [0.2, 0.25) is 0 Å². The number of aliphatic hydroxyl groups excluding tert-OH is 3. The van der Waals surface area contributed by atoms with Gasteiger partial charge < -0.3 is 15.3 Å². The third kappa shape index (κ3) is 12.0. The van der Waals surface area contributed by atoms with Crippen LogP contribution in [0.25, 0.3) is 0 Å². The predicted molar refractivity (Wildman–Crippen MR) is 98.3 cm³/mol. The molecule has 0 spiro atoms. The molecule has 1 atom stereocenters. The van der Waals surface area contributed by atoms with Gasteiger partial charge in [0.1, 0.15) is 0 Å². The molecule has 23 heavy (non-hydrogen) atoms. The Bertz CT molecular complexity index is 438. The van der Waals surface area contributed by atoms with Crippen molar-refractivity contribution in [1.29, 1.82) is 0 Å². The third-order valence-electron chi connectivity index (χ3n) is 3.82. The molecule has 132 valence electrons. The summed E-state index contributed by atoms with van der Waals surface area (Å²) in [5, 5.41) is 28.3. The van der Waals surface area contributed by atoms with Gasteiger partial charge in [-0.15, -0.1) is 0 Å². The monoisotopic (exact) mass is 322 g/mol. The fourth-order valence-corrected chi connectivity index (χ4v) is 2.16. The van der Waals surface area contributed by atoms with Gasteiger partial charge in [-0.2, -0.15) is 0 Å². The lowest BCUT2D eigenvalue weighted by Crippen LogP contribution is -2.06. The first-order valence-corrected chi connectivity index (χ1v) is 8.44. The fraction of sp³-hybridized carbons (Fsp3) is 0.600. The average molecular weight is 322 g/mol. The Labute approximate surface area is 141 Å². The summed E-state index contributed by atoms with van der Waals surface area (Å²) in [6.07, 6.45) is 11.7. The van der Waals surface area contributed by atoms with E-state index in [1.165, 1.54) is 11.1 Å². The Morgan fingerprint density at radius 2 is 1.52 bits per heavy atom. The maximum atomic E-state index is 10.0. The standard InChI is InChI=1S/C20H34O3/c1-16(2)11-12-20(23)18(4)8-6-10-19(15-22)9-5-7-17(3)13-14-21/h8-9,11,13,20-23H,5-7,10,12,14-15H2,1-4H3/b17-13+,18-8+,19-9-/t20-/m0/s1. The highest BCUT2D eigenvalue weighted by Crippen LogP contribution is 2.14. The molecule has 0 aliphatic carbocycles. The molecule has 0 saturated carbocycles. The van der Waals surface area contributed by atoms with Gasteiger partial charge in [-0.25, -0.2) is 0 Å². The molecule has 3 heteroatoms. The average Bonchev–Trinajstić information content (AvgIpc) is 2.50. The van der Waals surface area contributed by atoms with Crippen LogP contribution in [0.1, 0.15) is 59.8 Å². The van der Waals surface area contributed by atoms with E-state index in [-0.39, 0.29) is 13.2 Å². The lowest BCUT2D eigenvalue weighted by Gasteiger charge is -2.10. The summed E-state index contributed by atoms with van der Waals surface area (Å²) in [5.41, 5.74) is 4.40. The summed E-state index contributed by atoms with van der Waals surface area (Å²) in [4.78, 5) is 0. The summed E-state index contributed by atoms with van der Waals surface area (Å²) in [7, 11) is 0. The zero-order valence-corrected chi connectivity index (χ0v) is 15.2. The first kappa shape index (κ1) is 21.8. The summed E-state index contributed by atoms with van der Waals surface area (Å²) in [6.45, 7) is 8.18. The molecule has 0 amide bonds. The van der Waals surface area contributed by atoms with Gasteiger partial charge >= 0.3 is 0 Å². The zero-order valence-electron chi connectivity index (χ0n) is 15.2. The zero-order chi connectivity index (χ0) is 17.7. The molecule has 0 heterocycles. The highest BCUT2D eigenvalue weighted by atomic mass is 16.3. The fourth-order valence-electron chi connectivity index (χ4n) is 2.16. The predicted octanol–water partition coefficient (Wildman–Crippen LogP) is 4.07. The summed E-state index contributed by atoms with van der Waals surface area (Å²) in [6, 6.07) is 0. The summed E-state index contributed by atoms with van der Waals surface area (Å²) < 4.78 is 0. The molecule has 0 aliphatic rings. The van der Waals surface area contributed by atoms with Crippen molar-refractivity contribution in [3.63, 3.8) is 0 Å². The van der Waals surface area contributed by atoms with Crippen molar-refractivity contribution >= 4 is 0 Å². The highest BCUT2D eigenvalue weighted by Gasteiger charge is 2.04. The molecular formula is C20H34O3. The van der Waals surface area contributed by atoms with E-state index in [2.05, 4.69) is 12.2 Å². The number of hydrogen-bond donors (Lipinski definition) is 3. The van der Waals surface area contributed by atoms with E-state index >= 15 is 0 Å². The molecule has 0 rings (SSSR count). The quantitative estimate of drug-likeness (QED) is 0.503. The van der Waals surface area contributed by atoms with Crippen molar-refractivity contribution in [3.05, 3.63) is 46.6 Å². The van der Waals surface area contributed by atoms with Crippen molar-refractivity contribution in [2.75, 3.05) is 13.2 Å². The maximum absolute atomic E-state index is 10.0. The minimum Gasteiger partial charge on any atom is -0.392 e. The van der Waals surface area contributed by atoms with Gasteiger partial charge in [0, 0.05) is 0 Å². The second-order valence-electron chi connectivity index (χ2n) is 6.31. The summed E-state index contributed by atoms with van der Waals surface area (Å²) >= 11 is 0. The smallest absolute Gasteiger partial charge is 0.0781 e. The van der Waals surface area contributed by atoms with E-state index in [0.29, 0.717) is 6.42 Å². The molecule has 0 aliphatic heterocycles. The molecule has 3 nitrogen and oxygen atoms in total. The molecule has 0 bridgehead atoms. The second kappa shape index (κ2) is 13.3. The van der Waals surface area contributed by atoms with Crippen LogP contribution < -0.4 is 0 Å². The number of hydrogen-bond acceptors (Lipinski definition) is 3. The minimum absolute atomic E-state index is 0.0793. The van der Waals surface area contributed by atoms with Crippen molar-refractivity contribution in [2.45, 2.75) is 65.9 Å². The number of allylic oxidation sites excluding steroid dienone is 4. The lowest BCUT2D eigenvalue weighted by atomic mass is 10.0. The van der Waals surface area contributed by atoms with Crippen LogP contribution in [-0.2, 0) is 0 Å². The molecule has 0 aromatic heterocycles. The Kier molecular flexibility index (Phi) is 12.6. The van der Waals surface area contributed by atoms with Gasteiger partial charge in [0.25, 0.3) is 0 Å². The molecule has 0 aromatic carbocycles. The van der Waals surface area contributed by atoms with Crippen LogP contribution in [0.3, 0.4) is 0 Å². The molecule has 0 unspecified atom stereocenters. The van der Waals surface area contributed by atoms with Crippen LogP contribution in [0, 0.1) is 0 Å². The Morgan fingerprint density at radius 3 is 2.09 bits per heavy atom. The van der Waals surface area contributed by atoms with Crippen LogP contribution in [-0.4, -0.2) is 34.6 Å². The van der Waals surface area contributed by atoms with Gasteiger partial charge in [-0.05, 0) is 70.9 Å². The van der Waals surface area contributed by atoms with Crippen LogP contribution >= 0.6 is 0 Å². The third-order valence-corrected chi connectivity index (χ3v) is 3.82. The molecule has 3 N–H and O–H groups in total. The molecule has 0 fully saturated rings. The van der Waals surface area contributed by atoms with Gasteiger partial charge in [-0.1, -0.05) is 35.5 Å². The van der Waals surface area contributed by atoms with Crippen LogP contribution in [0.15, 0.2) is 46.6 Å². The minimum atomic E-state index is -0.419. The van der Waals surface area contributed by atoms with E-state index in [0.717, 1.165) is 36.8 Å². The maximum Gasteiger partial charge on any atom is 0.0781 e. The SMILES string of the molecule is CC(C)=CC[C@H](O)/C(C)=C/CC/C(=C/CC/C(C)=C/CO)CO. The van der Waals surface area contributed by atoms with Crippen molar-refractivity contribution in [2.24, 2.45) is 0 Å². The van der Waals surface area contributed by atoms with Crippen molar-refractivity contribution in [3.8, 4) is 0 Å². The van der Waals surface area contributed by atoms with E-state index in [9.17, 15) is 10.2 Å². The Morgan fingerprint density at radius 1 is 0.870 bits per heavy atom. The van der Waals surface area contributed by atoms with Crippen LogP contribution in [0.4, 0.5) is 0 Å².